The van der Waals surface area contributed by atoms with Gasteiger partial charge in [0.05, 0.1) is 22.3 Å². The van der Waals surface area contributed by atoms with Gasteiger partial charge >= 0.3 is 13.2 Å². The van der Waals surface area contributed by atoms with E-state index in [4.69, 9.17) is 35.1 Å². The summed E-state index contributed by atoms with van der Waals surface area (Å²) in [4.78, 5) is 15.2. The van der Waals surface area contributed by atoms with Crippen LogP contribution in [0.3, 0.4) is 0 Å². The lowest BCUT2D eigenvalue weighted by atomic mass is 9.70. The second-order valence-electron chi connectivity index (χ2n) is 12.8. The quantitative estimate of drug-likeness (QED) is 0.409. The third kappa shape index (κ3) is 4.59. The van der Waals surface area contributed by atoms with Crippen LogP contribution in [0.25, 0.3) is 0 Å². The highest BCUT2D eigenvalue weighted by molar-refractivity contribution is 6.66. The summed E-state index contributed by atoms with van der Waals surface area (Å²) in [6.07, 6.45) is 0.165. The van der Waals surface area contributed by atoms with E-state index in [-0.39, 0.29) is 10.8 Å². The minimum Gasteiger partial charge on any atom is -0.477 e. The van der Waals surface area contributed by atoms with Gasteiger partial charge in [-0.25, -0.2) is 9.18 Å². The van der Waals surface area contributed by atoms with Crippen LogP contribution in [0.2, 0.25) is 5.02 Å². The molecule has 2 aromatic rings. The van der Waals surface area contributed by atoms with Crippen molar-refractivity contribution in [3.05, 3.63) is 58.4 Å². The number of halogens is 2. The van der Waals surface area contributed by atoms with Crippen molar-refractivity contribution < 1.29 is 32.7 Å². The van der Waals surface area contributed by atoms with Crippen molar-refractivity contribution in [1.82, 2.24) is 4.90 Å². The molecular formula is C30H38BClFNO6. The summed E-state index contributed by atoms with van der Waals surface area (Å²) in [5.74, 6) is -0.377. The summed E-state index contributed by atoms with van der Waals surface area (Å²) in [6, 6.07) is 10.4. The van der Waals surface area contributed by atoms with E-state index in [9.17, 15) is 4.79 Å². The molecule has 2 saturated heterocycles. The number of ether oxygens (including phenoxy) is 3. The molecule has 3 aliphatic heterocycles. The molecule has 216 valence electrons. The fourth-order valence-electron chi connectivity index (χ4n) is 6.02. The maximum atomic E-state index is 15.5. The Hall–Kier alpha value is -2.33. The van der Waals surface area contributed by atoms with Crippen molar-refractivity contribution in [3.63, 3.8) is 0 Å². The number of fused-ring (bicyclic) bond motifs is 1. The van der Waals surface area contributed by atoms with Gasteiger partial charge in [-0.15, -0.1) is 0 Å². The first-order valence-corrected chi connectivity index (χ1v) is 14.1. The molecule has 5 rings (SSSR count). The van der Waals surface area contributed by atoms with Gasteiger partial charge < -0.3 is 28.4 Å². The highest BCUT2D eigenvalue weighted by atomic mass is 35.5. The second-order valence-corrected chi connectivity index (χ2v) is 13.2. The predicted octanol–water partition coefficient (Wildman–Crippen LogP) is 6.15. The van der Waals surface area contributed by atoms with Crippen LogP contribution in [0.1, 0.15) is 78.5 Å². The van der Waals surface area contributed by atoms with E-state index in [1.165, 1.54) is 6.07 Å². The van der Waals surface area contributed by atoms with Crippen LogP contribution in [-0.2, 0) is 24.4 Å². The molecule has 0 bridgehead atoms. The van der Waals surface area contributed by atoms with Crippen molar-refractivity contribution in [2.75, 3.05) is 13.7 Å². The first kappa shape index (κ1) is 29.2. The lowest BCUT2D eigenvalue weighted by molar-refractivity contribution is -0.101. The maximum Gasteiger partial charge on any atom is 0.497 e. The van der Waals surface area contributed by atoms with Crippen LogP contribution >= 0.6 is 11.6 Å². The van der Waals surface area contributed by atoms with Gasteiger partial charge in [0.15, 0.2) is 5.60 Å². The van der Waals surface area contributed by atoms with E-state index in [1.807, 2.05) is 78.8 Å². The predicted molar refractivity (Wildman–Crippen MR) is 152 cm³/mol. The number of benzene rings is 2. The van der Waals surface area contributed by atoms with Gasteiger partial charge in [-0.3, -0.25) is 0 Å². The Kier molecular flexibility index (Phi) is 7.22. The number of rotatable bonds is 4. The Bertz CT molecular complexity index is 1280. The van der Waals surface area contributed by atoms with E-state index >= 15 is 4.39 Å². The molecule has 3 aliphatic rings. The Labute approximate surface area is 241 Å². The summed E-state index contributed by atoms with van der Waals surface area (Å²) < 4.78 is 47.1. The number of carbonyl (C=O) groups is 1. The highest BCUT2D eigenvalue weighted by Crippen LogP contribution is 2.56. The first-order chi connectivity index (χ1) is 18.6. The minimum atomic E-state index is -1.22. The zero-order valence-corrected chi connectivity index (χ0v) is 25.2. The van der Waals surface area contributed by atoms with Crippen molar-refractivity contribution in [2.24, 2.45) is 0 Å². The van der Waals surface area contributed by atoms with Crippen LogP contribution in [0.5, 0.6) is 5.75 Å². The number of hydrogen-bond donors (Lipinski definition) is 0. The average molecular weight is 574 g/mol. The van der Waals surface area contributed by atoms with Crippen LogP contribution in [0.15, 0.2) is 36.4 Å². The molecule has 0 N–H and O–H groups in total. The molecule has 2 aromatic carbocycles. The highest BCUT2D eigenvalue weighted by Gasteiger charge is 2.62. The molecule has 0 aliphatic carbocycles. The van der Waals surface area contributed by atoms with Gasteiger partial charge in [0.2, 0.25) is 0 Å². The third-order valence-electron chi connectivity index (χ3n) is 8.52. The van der Waals surface area contributed by atoms with Crippen LogP contribution in [0, 0.1) is 5.82 Å². The molecule has 2 fully saturated rings. The molecule has 0 saturated carbocycles. The Morgan fingerprint density at radius 2 is 1.75 bits per heavy atom. The van der Waals surface area contributed by atoms with E-state index in [2.05, 4.69) is 0 Å². The summed E-state index contributed by atoms with van der Waals surface area (Å²) in [6.45, 7) is 13.7. The largest absolute Gasteiger partial charge is 0.497 e. The zero-order valence-electron chi connectivity index (χ0n) is 24.5. The summed E-state index contributed by atoms with van der Waals surface area (Å²) in [5, 5.41) is -0.109. The smallest absolute Gasteiger partial charge is 0.477 e. The van der Waals surface area contributed by atoms with Gasteiger partial charge in [-0.2, -0.15) is 0 Å². The molecule has 3 atom stereocenters. The van der Waals surface area contributed by atoms with Gasteiger partial charge in [0.1, 0.15) is 23.3 Å². The van der Waals surface area contributed by atoms with Crippen molar-refractivity contribution in [1.29, 1.82) is 0 Å². The lowest BCUT2D eigenvalue weighted by Gasteiger charge is -2.43. The second kappa shape index (κ2) is 9.90. The molecule has 0 radical (unpaired) electrons. The number of carbonyl (C=O) groups excluding carboxylic acids is 1. The normalized spacial score (nSPS) is 27.1. The van der Waals surface area contributed by atoms with Gasteiger partial charge in [0.25, 0.3) is 0 Å². The van der Waals surface area contributed by atoms with Crippen LogP contribution < -0.4 is 10.2 Å². The van der Waals surface area contributed by atoms with Crippen LogP contribution in [0.4, 0.5) is 9.18 Å². The van der Waals surface area contributed by atoms with Crippen molar-refractivity contribution in [3.8, 4) is 5.75 Å². The molecule has 7 nitrogen and oxygen atoms in total. The Balaban J connectivity index is 1.70. The molecular weight excluding hydrogens is 536 g/mol. The number of hydrogen-bond acceptors (Lipinski definition) is 6. The third-order valence-corrected chi connectivity index (χ3v) is 8.90. The monoisotopic (exact) mass is 573 g/mol. The number of amides is 1. The lowest BCUT2D eigenvalue weighted by Crippen LogP contribution is -2.55. The van der Waals surface area contributed by atoms with Crippen molar-refractivity contribution >= 4 is 30.3 Å². The molecule has 0 unspecified atom stereocenters. The summed E-state index contributed by atoms with van der Waals surface area (Å²) in [7, 11) is 0.624. The topological polar surface area (TPSA) is 66.5 Å². The van der Waals surface area contributed by atoms with E-state index in [0.717, 1.165) is 12.0 Å². The van der Waals surface area contributed by atoms with Crippen LogP contribution in [-0.4, -0.2) is 54.6 Å². The molecule has 10 heteroatoms. The number of methoxy groups -OCH3 is 1. The molecule has 0 aromatic heterocycles. The fraction of sp³-hybridized carbons (Fsp3) is 0.567. The van der Waals surface area contributed by atoms with Gasteiger partial charge in [0, 0.05) is 36.3 Å². The van der Waals surface area contributed by atoms with Gasteiger partial charge in [-0.1, -0.05) is 41.9 Å². The first-order valence-electron chi connectivity index (χ1n) is 13.8. The maximum absolute atomic E-state index is 15.5. The Morgan fingerprint density at radius 1 is 1.12 bits per heavy atom. The molecule has 1 amide bonds. The summed E-state index contributed by atoms with van der Waals surface area (Å²) in [5.41, 5.74) is -1.59. The minimum absolute atomic E-state index is 0.109. The average Bonchev–Trinajstić information content (AvgIpc) is 3.52. The fourth-order valence-corrected chi connectivity index (χ4v) is 6.27. The molecule has 0 spiro atoms. The van der Waals surface area contributed by atoms with Crippen molar-refractivity contribution in [2.45, 2.75) is 95.9 Å². The Morgan fingerprint density at radius 3 is 2.33 bits per heavy atom. The van der Waals surface area contributed by atoms with Gasteiger partial charge in [-0.05, 0) is 61.3 Å². The van der Waals surface area contributed by atoms with E-state index < -0.39 is 53.6 Å². The number of nitrogens with zero attached hydrogens (tertiary/aromatic N) is 1. The standard InChI is InChI=1S/C30H38BClFNO6/c1-27(2,3)38-26(35)34-16-12-15-21(34)30(18-13-10-9-11-14-18)25(36-8)22-20(37-30)17-19(33)24(32)23(22)31-39-28(4,5)29(6,7)40-31/h9-11,13-14,17,21,25H,12,15-16H2,1-8H3/t21-,25-,30-/m0/s1. The van der Waals surface area contributed by atoms with E-state index in [1.54, 1.807) is 12.0 Å². The summed E-state index contributed by atoms with van der Waals surface area (Å²) >= 11 is 6.69. The SMILES string of the molecule is CO[C@H]1c2c(cc(F)c(Cl)c2B2OC(C)(C)C(C)(C)O2)O[C@@]1(c1ccccc1)[C@@H]1CCCN1C(=O)OC(C)(C)C. The number of likely N-dealkylation sites (tertiary alicyclic amines) is 1. The van der Waals surface area contributed by atoms with E-state index in [0.29, 0.717) is 24.0 Å². The molecule has 40 heavy (non-hydrogen) atoms. The zero-order chi connectivity index (χ0) is 29.3. The molecule has 3 heterocycles.